The normalized spacial score (nSPS) is 20.1. The molecule has 1 rings (SSSR count). The Morgan fingerprint density at radius 2 is 2.38 bits per heavy atom. The summed E-state index contributed by atoms with van der Waals surface area (Å²) in [6.45, 7) is 1.92. The van der Waals surface area contributed by atoms with Gasteiger partial charge in [-0.2, -0.15) is 0 Å². The highest BCUT2D eigenvalue weighted by molar-refractivity contribution is 5.81. The van der Waals surface area contributed by atoms with Crippen LogP contribution in [0.15, 0.2) is 0 Å². The molecule has 1 aliphatic heterocycles. The van der Waals surface area contributed by atoms with Gasteiger partial charge in [0.2, 0.25) is 0 Å². The third-order valence-electron chi connectivity index (χ3n) is 2.12. The monoisotopic (exact) mass is 189 g/mol. The predicted molar refractivity (Wildman–Crippen MR) is 48.3 cm³/mol. The molecule has 4 nitrogen and oxygen atoms in total. The lowest BCUT2D eigenvalue weighted by atomic mass is 10.3. The average molecular weight is 189 g/mol. The summed E-state index contributed by atoms with van der Waals surface area (Å²) in [5.41, 5.74) is 0. The first-order valence-corrected chi connectivity index (χ1v) is 4.59. The van der Waals surface area contributed by atoms with Crippen LogP contribution in [-0.4, -0.2) is 48.3 Å². The van der Waals surface area contributed by atoms with Gasteiger partial charge in [0.25, 0.3) is 5.91 Å². The molecule has 1 N–H and O–H groups in total. The van der Waals surface area contributed by atoms with Crippen LogP contribution >= 0.6 is 0 Å². The van der Waals surface area contributed by atoms with Crippen molar-refractivity contribution in [2.75, 3.05) is 26.3 Å². The van der Waals surface area contributed by atoms with Crippen LogP contribution in [0.2, 0.25) is 0 Å². The number of hydrogen-bond acceptors (Lipinski definition) is 3. The van der Waals surface area contributed by atoms with Crippen LogP contribution in [-0.2, 0) is 9.53 Å². The van der Waals surface area contributed by atoms with Crippen molar-refractivity contribution >= 4 is 5.91 Å². The first kappa shape index (κ1) is 8.97. The first-order chi connectivity index (χ1) is 6.75. The van der Waals surface area contributed by atoms with Gasteiger partial charge in [-0.15, -0.1) is 0 Å². The van der Waals surface area contributed by atoms with Gasteiger partial charge in [0, 0.05) is 21.1 Å². The van der Waals surface area contributed by atoms with E-state index in [9.17, 15) is 9.90 Å². The molecule has 4 heteroatoms. The lowest BCUT2D eigenvalue weighted by Crippen LogP contribution is -2.39. The van der Waals surface area contributed by atoms with Crippen LogP contribution in [0.5, 0.6) is 0 Å². The lowest BCUT2D eigenvalue weighted by Gasteiger charge is -2.18. The van der Waals surface area contributed by atoms with E-state index in [4.69, 9.17) is 6.11 Å². The topological polar surface area (TPSA) is 49.8 Å². The standard InChI is InChI=1S/C9H17NO3/c1-2-13-7-8(11)9(12)10-5-3-4-6-10/h8,11H,2-7H2,1H3/t8-/m0/s1/i1T. The maximum absolute atomic E-state index is 11.5. The molecule has 1 atom stereocenters. The summed E-state index contributed by atoms with van der Waals surface area (Å²) in [6.07, 6.45) is 0.984. The van der Waals surface area contributed by atoms with Crippen LogP contribution < -0.4 is 0 Å². The molecule has 0 bridgehead atoms. The predicted octanol–water partition coefficient (Wildman–Crippen LogP) is 0.00620. The Morgan fingerprint density at radius 3 is 3.00 bits per heavy atom. The Kier molecular flexibility index (Phi) is 3.58. The second-order valence-corrected chi connectivity index (χ2v) is 3.12. The fourth-order valence-electron chi connectivity index (χ4n) is 1.41. The Morgan fingerprint density at radius 1 is 1.69 bits per heavy atom. The highest BCUT2D eigenvalue weighted by atomic mass is 16.5. The summed E-state index contributed by atoms with van der Waals surface area (Å²) in [5.74, 6) is -0.243. The number of carbonyl (C=O) groups is 1. The van der Waals surface area contributed by atoms with Crippen molar-refractivity contribution in [3.05, 3.63) is 0 Å². The van der Waals surface area contributed by atoms with Gasteiger partial charge >= 0.3 is 0 Å². The van der Waals surface area contributed by atoms with Crippen molar-refractivity contribution in [1.29, 1.82) is 0 Å². The highest BCUT2D eigenvalue weighted by Gasteiger charge is 2.24. The summed E-state index contributed by atoms with van der Waals surface area (Å²) in [5, 5.41) is 9.43. The number of hydrogen-bond donors (Lipinski definition) is 1. The molecule has 0 radical (unpaired) electrons. The van der Waals surface area contributed by atoms with E-state index in [2.05, 4.69) is 0 Å². The Balaban J connectivity index is 2.21. The van der Waals surface area contributed by atoms with Gasteiger partial charge in [0.05, 0.1) is 6.61 Å². The number of carbonyl (C=O) groups excluding carboxylic acids is 1. The molecule has 0 aromatic heterocycles. The fraction of sp³-hybridized carbons (Fsp3) is 0.889. The maximum Gasteiger partial charge on any atom is 0.253 e. The summed E-state index contributed by atoms with van der Waals surface area (Å²) in [7, 11) is 0. The third-order valence-corrected chi connectivity index (χ3v) is 2.12. The van der Waals surface area contributed by atoms with Crippen molar-refractivity contribution in [2.24, 2.45) is 0 Å². The third kappa shape index (κ3) is 2.97. The minimum Gasteiger partial charge on any atom is -0.381 e. The van der Waals surface area contributed by atoms with Gasteiger partial charge in [0.15, 0.2) is 6.10 Å². The van der Waals surface area contributed by atoms with Gasteiger partial charge in [-0.05, 0) is 19.7 Å². The quantitative estimate of drug-likeness (QED) is 0.634. The van der Waals surface area contributed by atoms with E-state index < -0.39 is 6.10 Å². The highest BCUT2D eigenvalue weighted by Crippen LogP contribution is 2.09. The van der Waals surface area contributed by atoms with Crippen LogP contribution in [0.3, 0.4) is 0 Å². The van der Waals surface area contributed by atoms with Crippen LogP contribution in [0, 0.1) is 0 Å². The second kappa shape index (κ2) is 5.19. The van der Waals surface area contributed by atoms with E-state index >= 15 is 0 Å². The molecular formula is C9H17NO3. The van der Waals surface area contributed by atoms with Crippen molar-refractivity contribution in [3.8, 4) is 0 Å². The Labute approximate surface area is 79.9 Å². The fourth-order valence-corrected chi connectivity index (χ4v) is 1.41. The minimum atomic E-state index is -1.06. The molecule has 13 heavy (non-hydrogen) atoms. The minimum absolute atomic E-state index is 0.00815. The van der Waals surface area contributed by atoms with Gasteiger partial charge < -0.3 is 14.7 Å². The Hall–Kier alpha value is -0.610. The number of ether oxygens (including phenoxy) is 1. The molecule has 0 saturated carbocycles. The van der Waals surface area contributed by atoms with E-state index in [1.54, 1.807) is 4.90 Å². The zero-order valence-corrected chi connectivity index (χ0v) is 7.74. The van der Waals surface area contributed by atoms with Crippen molar-refractivity contribution in [3.63, 3.8) is 0 Å². The zero-order valence-electron chi connectivity index (χ0n) is 8.74. The molecule has 1 saturated heterocycles. The Bertz CT molecular complexity index is 183. The number of amides is 1. The van der Waals surface area contributed by atoms with Crippen molar-refractivity contribution in [1.82, 2.24) is 4.90 Å². The van der Waals surface area contributed by atoms with Gasteiger partial charge in [-0.25, -0.2) is 0 Å². The summed E-state index contributed by atoms with van der Waals surface area (Å²) >= 11 is 0. The van der Waals surface area contributed by atoms with E-state index in [0.717, 1.165) is 25.9 Å². The van der Waals surface area contributed by atoms with Crippen molar-refractivity contribution in [2.45, 2.75) is 25.8 Å². The van der Waals surface area contributed by atoms with E-state index in [1.165, 1.54) is 0 Å². The molecule has 0 unspecified atom stereocenters. The van der Waals surface area contributed by atoms with E-state index in [1.807, 2.05) is 0 Å². The van der Waals surface area contributed by atoms with Crippen LogP contribution in [0.25, 0.3) is 0 Å². The number of rotatable bonds is 4. The summed E-state index contributed by atoms with van der Waals surface area (Å²) in [4.78, 5) is 13.1. The molecule has 1 amide bonds. The van der Waals surface area contributed by atoms with Gasteiger partial charge in [0.1, 0.15) is 0 Å². The number of nitrogens with zero attached hydrogens (tertiary/aromatic N) is 1. The van der Waals surface area contributed by atoms with E-state index in [-0.39, 0.29) is 26.0 Å². The largest absolute Gasteiger partial charge is 0.381 e. The molecule has 0 aliphatic carbocycles. The molecule has 0 spiro atoms. The molecule has 1 heterocycles. The SMILES string of the molecule is [3H]CCOC[C@H](O)C(=O)N1CCCC1. The summed E-state index contributed by atoms with van der Waals surface area (Å²) in [6, 6.07) is 0. The summed E-state index contributed by atoms with van der Waals surface area (Å²) < 4.78 is 11.8. The molecule has 1 fully saturated rings. The maximum atomic E-state index is 11.5. The molecule has 0 aromatic rings. The van der Waals surface area contributed by atoms with E-state index in [0.29, 0.717) is 0 Å². The number of aliphatic hydroxyl groups excluding tert-OH is 1. The smallest absolute Gasteiger partial charge is 0.253 e. The van der Waals surface area contributed by atoms with Gasteiger partial charge in [-0.1, -0.05) is 0 Å². The van der Waals surface area contributed by atoms with Crippen molar-refractivity contribution < 1.29 is 16.0 Å². The molecule has 0 aromatic carbocycles. The van der Waals surface area contributed by atoms with Gasteiger partial charge in [-0.3, -0.25) is 4.79 Å². The number of aliphatic hydroxyl groups is 1. The molecule has 1 aliphatic rings. The second-order valence-electron chi connectivity index (χ2n) is 3.12. The molecule has 76 valence electrons. The van der Waals surface area contributed by atoms with Crippen LogP contribution in [0.4, 0.5) is 0 Å². The first-order valence-electron chi connectivity index (χ1n) is 5.30. The number of likely N-dealkylation sites (tertiary alicyclic amines) is 1. The lowest BCUT2D eigenvalue weighted by molar-refractivity contribution is -0.142. The van der Waals surface area contributed by atoms with Crippen LogP contribution in [0.1, 0.15) is 21.1 Å². The average Bonchev–Trinajstić information content (AvgIpc) is 2.69. The molecular weight excluding hydrogens is 170 g/mol. The zero-order chi connectivity index (χ0) is 10.4.